The van der Waals surface area contributed by atoms with Crippen molar-refractivity contribution in [3.63, 3.8) is 0 Å². The average Bonchev–Trinajstić information content (AvgIpc) is 3.77. The van der Waals surface area contributed by atoms with E-state index in [0.717, 1.165) is 72.0 Å². The van der Waals surface area contributed by atoms with Gasteiger partial charge in [-0.2, -0.15) is 0 Å². The first-order valence-corrected chi connectivity index (χ1v) is 22.0. The van der Waals surface area contributed by atoms with Crippen LogP contribution in [-0.4, -0.2) is 15.0 Å². The number of benzene rings is 11. The van der Waals surface area contributed by atoms with E-state index in [0.29, 0.717) is 17.5 Å². The maximum atomic E-state index is 7.13. The molecule has 13 rings (SSSR count). The van der Waals surface area contributed by atoms with Crippen LogP contribution in [0, 0.1) is 0 Å². The molecule has 0 fully saturated rings. The van der Waals surface area contributed by atoms with Crippen molar-refractivity contribution in [2.75, 3.05) is 0 Å². The molecule has 2 heterocycles. The summed E-state index contributed by atoms with van der Waals surface area (Å²) in [4.78, 5) is 15.7. The van der Waals surface area contributed by atoms with Gasteiger partial charge in [0.1, 0.15) is 11.2 Å². The van der Waals surface area contributed by atoms with Gasteiger partial charge in [-0.3, -0.25) is 0 Å². The molecule has 0 amide bonds. The Morgan fingerprint density at radius 1 is 0.262 bits per heavy atom. The molecule has 0 spiro atoms. The molecule has 13 aromatic rings. The van der Waals surface area contributed by atoms with Gasteiger partial charge in [-0.25, -0.2) is 15.0 Å². The molecule has 302 valence electrons. The lowest BCUT2D eigenvalue weighted by molar-refractivity contribution is 0.670. The molecule has 0 N–H and O–H groups in total. The smallest absolute Gasteiger partial charge is 0.164 e. The molecule has 0 unspecified atom stereocenters. The van der Waals surface area contributed by atoms with Gasteiger partial charge in [-0.05, 0) is 107 Å². The highest BCUT2D eigenvalue weighted by molar-refractivity contribution is 6.22. The van der Waals surface area contributed by atoms with Gasteiger partial charge >= 0.3 is 0 Å². The lowest BCUT2D eigenvalue weighted by Gasteiger charge is -2.15. The Morgan fingerprint density at radius 3 is 1.46 bits per heavy atom. The number of hydrogen-bond donors (Lipinski definition) is 0. The Labute approximate surface area is 374 Å². The second-order valence-electron chi connectivity index (χ2n) is 16.7. The summed E-state index contributed by atoms with van der Waals surface area (Å²) >= 11 is 0. The predicted octanol–water partition coefficient (Wildman–Crippen LogP) is 16.4. The number of aromatic nitrogens is 3. The molecule has 0 radical (unpaired) electrons. The molecule has 0 bridgehead atoms. The molecule has 0 saturated carbocycles. The summed E-state index contributed by atoms with van der Waals surface area (Å²) in [6.45, 7) is 0. The van der Waals surface area contributed by atoms with E-state index in [-0.39, 0.29) is 0 Å². The van der Waals surface area contributed by atoms with Crippen molar-refractivity contribution in [2.45, 2.75) is 0 Å². The van der Waals surface area contributed by atoms with E-state index in [1.165, 1.54) is 43.1 Å². The molecule has 4 nitrogen and oxygen atoms in total. The highest BCUT2D eigenvalue weighted by Crippen LogP contribution is 2.47. The van der Waals surface area contributed by atoms with E-state index in [2.05, 4.69) is 194 Å². The number of rotatable bonds is 6. The van der Waals surface area contributed by atoms with Crippen molar-refractivity contribution in [3.05, 3.63) is 224 Å². The fourth-order valence-electron chi connectivity index (χ4n) is 9.85. The second kappa shape index (κ2) is 15.0. The molecule has 65 heavy (non-hydrogen) atoms. The Balaban J connectivity index is 1.12. The van der Waals surface area contributed by atoms with Gasteiger partial charge < -0.3 is 4.42 Å². The van der Waals surface area contributed by atoms with Gasteiger partial charge in [0.15, 0.2) is 17.5 Å². The molecule has 0 atom stereocenters. The van der Waals surface area contributed by atoms with Gasteiger partial charge in [-0.15, -0.1) is 0 Å². The number of hydrogen-bond acceptors (Lipinski definition) is 4. The number of fused-ring (bicyclic) bond motifs is 9. The molecular formula is C61H37N3O. The topological polar surface area (TPSA) is 51.8 Å². The largest absolute Gasteiger partial charge is 0.455 e. The van der Waals surface area contributed by atoms with Crippen molar-refractivity contribution >= 4 is 65.0 Å². The van der Waals surface area contributed by atoms with E-state index in [1.807, 2.05) is 30.3 Å². The quantitative estimate of drug-likeness (QED) is 0.157. The molecule has 0 aliphatic carbocycles. The van der Waals surface area contributed by atoms with E-state index in [1.54, 1.807) is 0 Å². The van der Waals surface area contributed by atoms with Crippen LogP contribution in [0.15, 0.2) is 229 Å². The third-order valence-electron chi connectivity index (χ3n) is 12.9. The van der Waals surface area contributed by atoms with E-state index < -0.39 is 0 Å². The van der Waals surface area contributed by atoms with Crippen molar-refractivity contribution < 1.29 is 4.42 Å². The lowest BCUT2D eigenvalue weighted by Crippen LogP contribution is -2.00. The normalized spacial score (nSPS) is 11.7. The summed E-state index contributed by atoms with van der Waals surface area (Å²) in [5, 5.41) is 11.6. The van der Waals surface area contributed by atoms with Crippen LogP contribution in [0.25, 0.3) is 133 Å². The van der Waals surface area contributed by atoms with Crippen LogP contribution in [0.3, 0.4) is 0 Å². The minimum atomic E-state index is 0.575. The SMILES string of the molecule is c1ccc(-c2cccc(-c3nc(-c4ccccc4)nc(-c4cccc5oc6c(-c7cc8ccccc8c8ccccc78)cc(-c7cc8ccccc8c8ccccc78)cc6c45)n3)c2)cc1. The van der Waals surface area contributed by atoms with Crippen LogP contribution in [0.2, 0.25) is 0 Å². The maximum absolute atomic E-state index is 7.13. The summed E-state index contributed by atoms with van der Waals surface area (Å²) in [5.74, 6) is 1.78. The average molecular weight is 828 g/mol. The van der Waals surface area contributed by atoms with Crippen LogP contribution >= 0.6 is 0 Å². The second-order valence-corrected chi connectivity index (χ2v) is 16.7. The van der Waals surface area contributed by atoms with Crippen molar-refractivity contribution in [1.82, 2.24) is 15.0 Å². The number of furan rings is 1. The first-order chi connectivity index (χ1) is 32.2. The molecule has 2 aromatic heterocycles. The lowest BCUT2D eigenvalue weighted by atomic mass is 9.88. The maximum Gasteiger partial charge on any atom is 0.164 e. The van der Waals surface area contributed by atoms with E-state index >= 15 is 0 Å². The van der Waals surface area contributed by atoms with Gasteiger partial charge in [-0.1, -0.05) is 188 Å². The van der Waals surface area contributed by atoms with E-state index in [4.69, 9.17) is 19.4 Å². The van der Waals surface area contributed by atoms with Crippen molar-refractivity contribution in [3.8, 4) is 67.5 Å². The Hall–Kier alpha value is -8.73. The van der Waals surface area contributed by atoms with Crippen LogP contribution in [0.4, 0.5) is 0 Å². The van der Waals surface area contributed by atoms with Gasteiger partial charge in [0.2, 0.25) is 0 Å². The predicted molar refractivity (Wildman–Crippen MR) is 270 cm³/mol. The van der Waals surface area contributed by atoms with Crippen LogP contribution in [-0.2, 0) is 0 Å². The van der Waals surface area contributed by atoms with Crippen molar-refractivity contribution in [1.29, 1.82) is 0 Å². The van der Waals surface area contributed by atoms with Gasteiger partial charge in [0.05, 0.1) is 0 Å². The molecule has 0 saturated heterocycles. The van der Waals surface area contributed by atoms with E-state index in [9.17, 15) is 0 Å². The minimum absolute atomic E-state index is 0.575. The Morgan fingerprint density at radius 2 is 0.769 bits per heavy atom. The van der Waals surface area contributed by atoms with Crippen LogP contribution < -0.4 is 0 Å². The molecular weight excluding hydrogens is 791 g/mol. The molecule has 0 aliphatic rings. The van der Waals surface area contributed by atoms with Gasteiger partial charge in [0.25, 0.3) is 0 Å². The van der Waals surface area contributed by atoms with Crippen molar-refractivity contribution in [2.24, 2.45) is 0 Å². The summed E-state index contributed by atoms with van der Waals surface area (Å²) in [7, 11) is 0. The van der Waals surface area contributed by atoms with Gasteiger partial charge in [0, 0.05) is 33.0 Å². The fourth-order valence-corrected chi connectivity index (χ4v) is 9.85. The standard InChI is InChI=1S/C61H37N3O/c1-3-17-38(18-4-1)40-23-15-24-43(33-40)60-62-59(39-19-5-2-6-20-39)63-61(64-60)51-31-16-32-56-57(51)55-37-44(52-34-41-21-7-9-25-45(41)47-27-11-13-29-49(47)52)36-54(58(55)65-56)53-35-42-22-8-10-26-46(42)48-28-12-14-30-50(48)53/h1-37H. The molecule has 4 heteroatoms. The highest BCUT2D eigenvalue weighted by Gasteiger charge is 2.23. The summed E-state index contributed by atoms with van der Waals surface area (Å²) in [5.41, 5.74) is 10.9. The summed E-state index contributed by atoms with van der Waals surface area (Å²) in [6.07, 6.45) is 0. The Kier molecular flexibility index (Phi) is 8.50. The fraction of sp³-hybridized carbons (Fsp3) is 0. The third-order valence-corrected chi connectivity index (χ3v) is 12.9. The zero-order chi connectivity index (χ0) is 42.8. The van der Waals surface area contributed by atoms with Crippen LogP contribution in [0.5, 0.6) is 0 Å². The highest BCUT2D eigenvalue weighted by atomic mass is 16.3. The first-order valence-electron chi connectivity index (χ1n) is 22.0. The third kappa shape index (κ3) is 6.18. The summed E-state index contributed by atoms with van der Waals surface area (Å²) < 4.78 is 7.13. The zero-order valence-electron chi connectivity index (χ0n) is 35.1. The number of nitrogens with zero attached hydrogens (tertiary/aromatic N) is 3. The minimum Gasteiger partial charge on any atom is -0.455 e. The van der Waals surface area contributed by atoms with Crippen LogP contribution in [0.1, 0.15) is 0 Å². The zero-order valence-corrected chi connectivity index (χ0v) is 35.1. The molecule has 0 aliphatic heterocycles. The summed E-state index contributed by atoms with van der Waals surface area (Å²) in [6, 6.07) is 79.4. The first kappa shape index (κ1) is 36.9. The molecule has 11 aromatic carbocycles. The monoisotopic (exact) mass is 827 g/mol. The Bertz CT molecular complexity index is 4000.